The predicted octanol–water partition coefficient (Wildman–Crippen LogP) is -0.0583. The molecule has 0 aliphatic heterocycles. The van der Waals surface area contributed by atoms with E-state index < -0.39 is 0 Å². The first kappa shape index (κ1) is 12.5. The molecule has 0 saturated heterocycles. The maximum absolute atomic E-state index is 8.24. The first-order chi connectivity index (χ1) is 4.68. The van der Waals surface area contributed by atoms with E-state index in [0.717, 1.165) is 13.1 Å². The Labute approximate surface area is 63.6 Å². The summed E-state index contributed by atoms with van der Waals surface area (Å²) in [5.74, 6) is 0. The lowest BCUT2D eigenvalue weighted by molar-refractivity contribution is 0.203. The largest absolute Gasteiger partial charge is 0.392 e. The van der Waals surface area contributed by atoms with Crippen molar-refractivity contribution in [2.75, 3.05) is 19.6 Å². The predicted molar refractivity (Wildman–Crippen MR) is 45.0 cm³/mol. The Balaban J connectivity index is 0. The van der Waals surface area contributed by atoms with E-state index in [-0.39, 0.29) is 6.10 Å². The quantitative estimate of drug-likeness (QED) is 0.525. The van der Waals surface area contributed by atoms with Crippen LogP contribution in [0.25, 0.3) is 0 Å². The van der Waals surface area contributed by atoms with Crippen molar-refractivity contribution in [3.63, 3.8) is 0 Å². The molecule has 3 nitrogen and oxygen atoms in total. The van der Waals surface area contributed by atoms with Gasteiger partial charge in [0.15, 0.2) is 0 Å². The Morgan fingerprint density at radius 2 is 1.70 bits per heavy atom. The van der Waals surface area contributed by atoms with Gasteiger partial charge in [0.05, 0.1) is 6.10 Å². The number of hydrogen-bond acceptors (Lipinski definition) is 3. The van der Waals surface area contributed by atoms with E-state index in [1.165, 1.54) is 0 Å². The molecule has 4 N–H and O–H groups in total. The van der Waals surface area contributed by atoms with Gasteiger partial charge in [0.2, 0.25) is 0 Å². The second kappa shape index (κ2) is 11.6. The first-order valence-electron chi connectivity index (χ1n) is 3.77. The van der Waals surface area contributed by atoms with E-state index in [2.05, 4.69) is 19.2 Å². The number of nitrogens with two attached hydrogens (primary N) is 1. The van der Waals surface area contributed by atoms with Crippen molar-refractivity contribution in [3.8, 4) is 0 Å². The summed E-state index contributed by atoms with van der Waals surface area (Å²) in [5, 5.41) is 11.3. The van der Waals surface area contributed by atoms with Gasteiger partial charge >= 0.3 is 0 Å². The third-order valence-electron chi connectivity index (χ3n) is 0.841. The lowest BCUT2D eigenvalue weighted by atomic mass is 10.4. The fraction of sp³-hybridized carbons (Fsp3) is 1.00. The van der Waals surface area contributed by atoms with Crippen LogP contribution in [0.5, 0.6) is 0 Å². The van der Waals surface area contributed by atoms with E-state index in [1.807, 2.05) is 0 Å². The molecule has 10 heavy (non-hydrogen) atoms. The Morgan fingerprint density at radius 1 is 1.40 bits per heavy atom. The number of hydrogen-bond donors (Lipinski definition) is 3. The maximum Gasteiger partial charge on any atom is 0.0634 e. The van der Waals surface area contributed by atoms with Crippen LogP contribution in [0, 0.1) is 0 Å². The Morgan fingerprint density at radius 3 is 1.70 bits per heavy atom. The fourth-order valence-electron chi connectivity index (χ4n) is 0.250. The van der Waals surface area contributed by atoms with Crippen LogP contribution in [0.1, 0.15) is 20.8 Å². The molecule has 0 radical (unpaired) electrons. The van der Waals surface area contributed by atoms with Crippen LogP contribution >= 0.6 is 0 Å². The van der Waals surface area contributed by atoms with E-state index in [0.29, 0.717) is 6.54 Å². The van der Waals surface area contributed by atoms with E-state index in [1.54, 1.807) is 6.92 Å². The van der Waals surface area contributed by atoms with Crippen molar-refractivity contribution in [3.05, 3.63) is 0 Å². The van der Waals surface area contributed by atoms with Crippen LogP contribution in [-0.4, -0.2) is 30.8 Å². The molecular weight excluding hydrogens is 128 g/mol. The molecule has 0 aromatic carbocycles. The first-order valence-corrected chi connectivity index (χ1v) is 3.77. The minimum absolute atomic E-state index is 0.338. The molecule has 0 saturated carbocycles. The number of nitrogens with one attached hydrogen (secondary N) is 1. The Kier molecular flexibility index (Phi) is 14.6. The monoisotopic (exact) mass is 148 g/mol. The SMILES string of the molecule is CC(O)CN.CCNCC. The average molecular weight is 148 g/mol. The molecule has 64 valence electrons. The zero-order valence-electron chi connectivity index (χ0n) is 7.22. The highest BCUT2D eigenvalue weighted by atomic mass is 16.3. The average Bonchev–Trinajstić information content (AvgIpc) is 1.91. The van der Waals surface area contributed by atoms with Crippen molar-refractivity contribution < 1.29 is 5.11 Å². The van der Waals surface area contributed by atoms with Crippen molar-refractivity contribution in [2.45, 2.75) is 26.9 Å². The van der Waals surface area contributed by atoms with Crippen LogP contribution < -0.4 is 11.1 Å². The summed E-state index contributed by atoms with van der Waals surface area (Å²) in [4.78, 5) is 0. The van der Waals surface area contributed by atoms with Gasteiger partial charge in [0, 0.05) is 6.54 Å². The van der Waals surface area contributed by atoms with Gasteiger partial charge in [0.1, 0.15) is 0 Å². The highest BCUT2D eigenvalue weighted by Crippen LogP contribution is 1.65. The maximum atomic E-state index is 8.24. The summed E-state index contributed by atoms with van der Waals surface area (Å²) < 4.78 is 0. The van der Waals surface area contributed by atoms with Crippen LogP contribution in [0.3, 0.4) is 0 Å². The summed E-state index contributed by atoms with van der Waals surface area (Å²) in [6.07, 6.45) is -0.338. The van der Waals surface area contributed by atoms with Gasteiger partial charge in [0.25, 0.3) is 0 Å². The molecule has 1 unspecified atom stereocenters. The molecule has 0 aromatic heterocycles. The zero-order valence-corrected chi connectivity index (χ0v) is 7.22. The molecule has 0 bridgehead atoms. The van der Waals surface area contributed by atoms with Crippen LogP contribution in [-0.2, 0) is 0 Å². The summed E-state index contributed by atoms with van der Waals surface area (Å²) >= 11 is 0. The third-order valence-corrected chi connectivity index (χ3v) is 0.841. The second-order valence-corrected chi connectivity index (χ2v) is 2.04. The number of rotatable bonds is 3. The van der Waals surface area contributed by atoms with Crippen LogP contribution in [0.15, 0.2) is 0 Å². The minimum Gasteiger partial charge on any atom is -0.392 e. The summed E-state index contributed by atoms with van der Waals surface area (Å²) in [7, 11) is 0. The summed E-state index contributed by atoms with van der Waals surface area (Å²) in [5.41, 5.74) is 4.92. The highest BCUT2D eigenvalue weighted by Gasteiger charge is 1.81. The van der Waals surface area contributed by atoms with Crippen molar-refractivity contribution in [1.29, 1.82) is 0 Å². The van der Waals surface area contributed by atoms with E-state index >= 15 is 0 Å². The van der Waals surface area contributed by atoms with Gasteiger partial charge < -0.3 is 16.2 Å². The smallest absolute Gasteiger partial charge is 0.0634 e. The zero-order chi connectivity index (χ0) is 8.41. The second-order valence-electron chi connectivity index (χ2n) is 2.04. The summed E-state index contributed by atoms with van der Waals surface area (Å²) in [6.45, 7) is 8.40. The standard InChI is InChI=1S/C4H11N.C3H9NO/c1-3-5-4-2;1-3(5)2-4/h5H,3-4H2,1-2H3;3,5H,2,4H2,1H3. The molecule has 0 amide bonds. The number of aliphatic hydroxyl groups excluding tert-OH is 1. The van der Waals surface area contributed by atoms with Gasteiger partial charge in [-0.3, -0.25) is 0 Å². The highest BCUT2D eigenvalue weighted by molar-refractivity contribution is 4.40. The molecule has 1 atom stereocenters. The van der Waals surface area contributed by atoms with E-state index in [4.69, 9.17) is 10.8 Å². The van der Waals surface area contributed by atoms with Gasteiger partial charge in [-0.15, -0.1) is 0 Å². The third kappa shape index (κ3) is 24.8. The topological polar surface area (TPSA) is 58.3 Å². The van der Waals surface area contributed by atoms with Gasteiger partial charge in [-0.2, -0.15) is 0 Å². The molecule has 0 fully saturated rings. The van der Waals surface area contributed by atoms with Crippen molar-refractivity contribution in [2.24, 2.45) is 5.73 Å². The minimum atomic E-state index is -0.338. The molecule has 0 aliphatic rings. The van der Waals surface area contributed by atoms with Crippen LogP contribution in [0.2, 0.25) is 0 Å². The van der Waals surface area contributed by atoms with Crippen LogP contribution in [0.4, 0.5) is 0 Å². The molecule has 0 spiro atoms. The lowest BCUT2D eigenvalue weighted by Crippen LogP contribution is -2.14. The Bertz CT molecular complexity index is 46.9. The fourth-order valence-corrected chi connectivity index (χ4v) is 0.250. The lowest BCUT2D eigenvalue weighted by Gasteiger charge is -1.91. The molecular formula is C7H20N2O. The van der Waals surface area contributed by atoms with Crippen molar-refractivity contribution >= 4 is 0 Å². The van der Waals surface area contributed by atoms with Gasteiger partial charge in [-0.25, -0.2) is 0 Å². The molecule has 3 heteroatoms. The van der Waals surface area contributed by atoms with Gasteiger partial charge in [-0.05, 0) is 20.0 Å². The molecule has 0 heterocycles. The molecule has 0 rings (SSSR count). The normalized spacial score (nSPS) is 11.7. The molecule has 0 aromatic rings. The number of aliphatic hydroxyl groups is 1. The van der Waals surface area contributed by atoms with E-state index in [9.17, 15) is 0 Å². The van der Waals surface area contributed by atoms with Crippen molar-refractivity contribution in [1.82, 2.24) is 5.32 Å². The Hall–Kier alpha value is -0.120. The van der Waals surface area contributed by atoms with Gasteiger partial charge in [-0.1, -0.05) is 13.8 Å². The summed E-state index contributed by atoms with van der Waals surface area (Å²) in [6, 6.07) is 0. The molecule has 0 aliphatic carbocycles.